The first-order valence-corrected chi connectivity index (χ1v) is 15.6. The van der Waals surface area contributed by atoms with Crippen molar-refractivity contribution < 1.29 is 23.4 Å². The smallest absolute Gasteiger partial charge is 0.197 e. The van der Waals surface area contributed by atoms with Crippen LogP contribution in [0, 0.1) is 11.8 Å². The molecule has 3 aromatic carbocycles. The minimum absolute atomic E-state index is 0.198. The van der Waals surface area contributed by atoms with Gasteiger partial charge in [-0.25, -0.2) is 0 Å². The van der Waals surface area contributed by atoms with Crippen molar-refractivity contribution in [1.82, 2.24) is 0 Å². The lowest BCUT2D eigenvalue weighted by Gasteiger charge is -2.12. The van der Waals surface area contributed by atoms with E-state index in [1.807, 2.05) is 30.3 Å². The van der Waals surface area contributed by atoms with Crippen LogP contribution in [-0.4, -0.2) is 27.9 Å². The number of fused-ring (bicyclic) bond motifs is 1. The maximum absolute atomic E-state index is 13.2. The lowest BCUT2D eigenvalue weighted by atomic mass is 10.1. The number of benzene rings is 3. The van der Waals surface area contributed by atoms with E-state index >= 15 is 0 Å². The second kappa shape index (κ2) is 17.8. The first-order chi connectivity index (χ1) is 21.6. The van der Waals surface area contributed by atoms with Gasteiger partial charge in [0.2, 0.25) is 0 Å². The van der Waals surface area contributed by atoms with Gasteiger partial charge >= 0.3 is 0 Å². The number of methoxy groups -OCH3 is 3. The van der Waals surface area contributed by atoms with Crippen molar-refractivity contribution in [2.45, 2.75) is 70.8 Å². The van der Waals surface area contributed by atoms with Crippen molar-refractivity contribution in [2.24, 2.45) is 0 Å². The van der Waals surface area contributed by atoms with E-state index in [1.54, 1.807) is 20.3 Å². The second-order valence-corrected chi connectivity index (χ2v) is 10.8. The fourth-order valence-corrected chi connectivity index (χ4v) is 5.22. The summed E-state index contributed by atoms with van der Waals surface area (Å²) in [5.41, 5.74) is 2.76. The fourth-order valence-electron chi connectivity index (χ4n) is 5.22. The first-order valence-electron chi connectivity index (χ1n) is 15.6. The van der Waals surface area contributed by atoms with Gasteiger partial charge in [-0.3, -0.25) is 4.79 Å². The molecular formula is C38H44O6. The molecule has 6 nitrogen and oxygen atoms in total. The molecule has 0 fully saturated rings. The molecular weight excluding hydrogens is 552 g/mol. The van der Waals surface area contributed by atoms with Gasteiger partial charge < -0.3 is 23.4 Å². The van der Waals surface area contributed by atoms with Crippen molar-refractivity contribution in [2.75, 3.05) is 27.9 Å². The molecule has 0 saturated carbocycles. The highest BCUT2D eigenvalue weighted by Crippen LogP contribution is 2.36. The molecule has 1 heterocycles. The molecule has 0 radical (unpaired) electrons. The molecule has 0 aliphatic heterocycles. The van der Waals surface area contributed by atoms with Crippen molar-refractivity contribution in [3.63, 3.8) is 0 Å². The lowest BCUT2D eigenvalue weighted by molar-refractivity contribution is 0.116. The monoisotopic (exact) mass is 596 g/mol. The Bertz CT molecular complexity index is 1560. The molecule has 0 spiro atoms. The number of hydrogen-bond donors (Lipinski definition) is 0. The van der Waals surface area contributed by atoms with Crippen molar-refractivity contribution >= 4 is 11.0 Å². The molecule has 0 unspecified atom stereocenters. The van der Waals surface area contributed by atoms with Gasteiger partial charge in [0.1, 0.15) is 33.8 Å². The Hall–Kier alpha value is -4.21. The summed E-state index contributed by atoms with van der Waals surface area (Å²) in [6.45, 7) is 1.55. The van der Waals surface area contributed by atoms with Crippen LogP contribution in [0.2, 0.25) is 0 Å². The Morgan fingerprint density at radius 2 is 1.41 bits per heavy atom. The number of rotatable bonds is 17. The van der Waals surface area contributed by atoms with Gasteiger partial charge in [0, 0.05) is 30.7 Å². The molecule has 4 rings (SSSR count). The number of ether oxygens (including phenoxy) is 4. The molecule has 232 valence electrons. The summed E-state index contributed by atoms with van der Waals surface area (Å²) in [4.78, 5) is 13.2. The average molecular weight is 597 g/mol. The van der Waals surface area contributed by atoms with E-state index in [0.29, 0.717) is 40.4 Å². The Morgan fingerprint density at radius 3 is 2.07 bits per heavy atom. The maximum Gasteiger partial charge on any atom is 0.197 e. The predicted molar refractivity (Wildman–Crippen MR) is 177 cm³/mol. The van der Waals surface area contributed by atoms with Crippen LogP contribution in [0.15, 0.2) is 75.9 Å². The van der Waals surface area contributed by atoms with Gasteiger partial charge in [-0.15, -0.1) is 0 Å². The van der Waals surface area contributed by atoms with E-state index in [9.17, 15) is 4.79 Å². The number of hydrogen-bond acceptors (Lipinski definition) is 6. The van der Waals surface area contributed by atoms with Crippen LogP contribution in [0.25, 0.3) is 22.3 Å². The molecule has 0 atom stereocenters. The Kier molecular flexibility index (Phi) is 13.2. The summed E-state index contributed by atoms with van der Waals surface area (Å²) in [6.07, 6.45) is 11.7. The van der Waals surface area contributed by atoms with Crippen LogP contribution in [0.4, 0.5) is 0 Å². The van der Waals surface area contributed by atoms with Crippen LogP contribution in [-0.2, 0) is 11.3 Å². The van der Waals surface area contributed by atoms with Gasteiger partial charge in [-0.2, -0.15) is 0 Å². The molecule has 0 amide bonds. The zero-order chi connectivity index (χ0) is 31.0. The zero-order valence-corrected chi connectivity index (χ0v) is 26.3. The van der Waals surface area contributed by atoms with Crippen LogP contribution in [0.3, 0.4) is 0 Å². The van der Waals surface area contributed by atoms with E-state index in [1.165, 1.54) is 57.3 Å². The molecule has 6 heteroatoms. The van der Waals surface area contributed by atoms with E-state index in [0.717, 1.165) is 43.6 Å². The highest BCUT2D eigenvalue weighted by atomic mass is 16.5. The van der Waals surface area contributed by atoms with E-state index in [4.69, 9.17) is 23.4 Å². The second-order valence-electron chi connectivity index (χ2n) is 10.8. The summed E-state index contributed by atoms with van der Waals surface area (Å²) in [7, 11) is 4.73. The SMILES string of the molecule is COc1ccc(-c2cc(=O)c3c(OC)c(C#CCCCCCCCCCCCOCc4ccccc4)c(OC)cc3o2)cc1. The molecule has 0 aliphatic rings. The fraction of sp³-hybridized carbons (Fsp3) is 0.395. The maximum atomic E-state index is 13.2. The number of unbranched alkanes of at least 4 members (excludes halogenated alkanes) is 9. The third kappa shape index (κ3) is 9.39. The zero-order valence-electron chi connectivity index (χ0n) is 26.3. The van der Waals surface area contributed by atoms with Gasteiger partial charge in [-0.1, -0.05) is 87.1 Å². The minimum atomic E-state index is -0.198. The molecule has 0 bridgehead atoms. The van der Waals surface area contributed by atoms with Crippen molar-refractivity contribution in [3.8, 4) is 40.4 Å². The third-order valence-corrected chi connectivity index (χ3v) is 7.65. The molecule has 0 N–H and O–H groups in total. The summed E-state index contributed by atoms with van der Waals surface area (Å²) in [6, 6.07) is 20.9. The molecule has 4 aromatic rings. The van der Waals surface area contributed by atoms with E-state index in [-0.39, 0.29) is 5.43 Å². The van der Waals surface area contributed by atoms with Gasteiger partial charge in [0.25, 0.3) is 0 Å². The molecule has 0 aliphatic carbocycles. The van der Waals surface area contributed by atoms with Crippen molar-refractivity contribution in [3.05, 3.63) is 88.1 Å². The molecule has 44 heavy (non-hydrogen) atoms. The Labute approximate surface area is 261 Å². The first kappa shape index (κ1) is 32.7. The average Bonchev–Trinajstić information content (AvgIpc) is 3.06. The van der Waals surface area contributed by atoms with Gasteiger partial charge in [0.05, 0.1) is 27.9 Å². The van der Waals surface area contributed by atoms with Crippen LogP contribution >= 0.6 is 0 Å². The van der Waals surface area contributed by atoms with Crippen LogP contribution in [0.1, 0.15) is 75.3 Å². The van der Waals surface area contributed by atoms with Gasteiger partial charge in [0.15, 0.2) is 11.2 Å². The largest absolute Gasteiger partial charge is 0.497 e. The third-order valence-electron chi connectivity index (χ3n) is 7.65. The van der Waals surface area contributed by atoms with E-state index < -0.39 is 0 Å². The summed E-state index contributed by atoms with van der Waals surface area (Å²) in [5, 5.41) is 0.356. The minimum Gasteiger partial charge on any atom is -0.497 e. The van der Waals surface area contributed by atoms with Crippen LogP contribution < -0.4 is 19.6 Å². The summed E-state index contributed by atoms with van der Waals surface area (Å²) < 4.78 is 28.4. The predicted octanol–water partition coefficient (Wildman–Crippen LogP) is 8.96. The highest BCUT2D eigenvalue weighted by molar-refractivity contribution is 5.90. The topological polar surface area (TPSA) is 67.1 Å². The molecule has 0 saturated heterocycles. The van der Waals surface area contributed by atoms with Crippen molar-refractivity contribution in [1.29, 1.82) is 0 Å². The molecule has 1 aromatic heterocycles. The Balaban J connectivity index is 1.20. The standard InChI is InChI=1S/C38H44O6/c1-40-31-23-21-30(22-24-31)34-26-33(39)37-36(44-34)27-35(41-2)32(38(37)42-3)20-16-11-9-7-5-4-6-8-10-12-17-25-43-28-29-18-14-13-15-19-29/h13-15,18-19,21-24,26-27H,4-12,17,25,28H2,1-3H3. The highest BCUT2D eigenvalue weighted by Gasteiger charge is 2.19. The Morgan fingerprint density at radius 1 is 0.727 bits per heavy atom. The summed E-state index contributed by atoms with van der Waals surface area (Å²) in [5.74, 6) is 8.55. The van der Waals surface area contributed by atoms with E-state index in [2.05, 4.69) is 36.1 Å². The van der Waals surface area contributed by atoms with Gasteiger partial charge in [-0.05, 0) is 42.7 Å². The lowest BCUT2D eigenvalue weighted by Crippen LogP contribution is -2.05. The van der Waals surface area contributed by atoms with Crippen LogP contribution in [0.5, 0.6) is 17.2 Å². The quantitative estimate of drug-likeness (QED) is 0.0895. The summed E-state index contributed by atoms with van der Waals surface area (Å²) >= 11 is 0. The normalized spacial score (nSPS) is 10.8.